The Kier molecular flexibility index (Phi) is 5.77. The van der Waals surface area contributed by atoms with E-state index in [9.17, 15) is 0 Å². The van der Waals surface area contributed by atoms with E-state index in [0.717, 1.165) is 39.5 Å². The molecule has 0 radical (unpaired) electrons. The number of methoxy groups -OCH3 is 1. The molecule has 1 unspecified atom stereocenters. The number of rotatable bonds is 5. The molecule has 0 aliphatic carbocycles. The van der Waals surface area contributed by atoms with Gasteiger partial charge in [-0.25, -0.2) is 0 Å². The van der Waals surface area contributed by atoms with Crippen molar-refractivity contribution >= 4 is 11.5 Å². The fourth-order valence-electron chi connectivity index (χ4n) is 4.05. The molecule has 0 saturated carbocycles. The molecule has 0 bridgehead atoms. The third kappa shape index (κ3) is 4.44. The molecule has 0 spiro atoms. The second-order valence-electron chi connectivity index (χ2n) is 8.09. The van der Waals surface area contributed by atoms with Gasteiger partial charge in [-0.1, -0.05) is 48.5 Å². The van der Waals surface area contributed by atoms with Crippen LogP contribution in [0.2, 0.25) is 0 Å². The maximum atomic E-state index is 5.42. The van der Waals surface area contributed by atoms with Gasteiger partial charge in [0.2, 0.25) is 0 Å². The summed E-state index contributed by atoms with van der Waals surface area (Å²) in [5.74, 6) is 1.71. The van der Waals surface area contributed by atoms with Gasteiger partial charge in [0, 0.05) is 29.2 Å². The van der Waals surface area contributed by atoms with E-state index in [4.69, 9.17) is 9.73 Å². The minimum absolute atomic E-state index is 0.107. The largest absolute Gasteiger partial charge is 0.497 e. The predicted molar refractivity (Wildman–Crippen MR) is 134 cm³/mol. The minimum Gasteiger partial charge on any atom is -0.497 e. The average molecular weight is 435 g/mol. The van der Waals surface area contributed by atoms with E-state index in [1.165, 1.54) is 11.1 Å². The summed E-state index contributed by atoms with van der Waals surface area (Å²) < 4.78 is 5.42. The Labute approximate surface area is 194 Å². The van der Waals surface area contributed by atoms with Crippen LogP contribution < -0.4 is 15.4 Å². The van der Waals surface area contributed by atoms with Crippen LogP contribution in [0, 0.1) is 6.92 Å². The Hall–Kier alpha value is -4.12. The molecule has 1 aromatic heterocycles. The molecule has 5 nitrogen and oxygen atoms in total. The summed E-state index contributed by atoms with van der Waals surface area (Å²) >= 11 is 0. The number of hydrogen-bond donors (Lipinski definition) is 2. The summed E-state index contributed by atoms with van der Waals surface area (Å²) in [5, 5.41) is 7.19. The van der Waals surface area contributed by atoms with E-state index in [1.807, 2.05) is 30.5 Å². The van der Waals surface area contributed by atoms with Crippen molar-refractivity contribution in [3.63, 3.8) is 0 Å². The number of nitrogens with one attached hydrogen (secondary N) is 2. The van der Waals surface area contributed by atoms with Crippen molar-refractivity contribution in [2.24, 2.45) is 4.99 Å². The average Bonchev–Trinajstić information content (AvgIpc) is 2.88. The van der Waals surface area contributed by atoms with Crippen LogP contribution in [0.15, 0.2) is 96.2 Å². The number of anilines is 1. The van der Waals surface area contributed by atoms with Gasteiger partial charge < -0.3 is 15.4 Å². The molecule has 2 N–H and O–H groups in total. The van der Waals surface area contributed by atoms with Gasteiger partial charge in [0.25, 0.3) is 0 Å². The molecular weight excluding hydrogens is 408 g/mol. The number of nitrogens with zero attached hydrogens (tertiary/aromatic N) is 2. The summed E-state index contributed by atoms with van der Waals surface area (Å²) in [6, 6.07) is 26.9. The summed E-state index contributed by atoms with van der Waals surface area (Å²) in [6.07, 6.45) is 3.55. The maximum absolute atomic E-state index is 5.42. The third-order valence-corrected chi connectivity index (χ3v) is 5.95. The van der Waals surface area contributed by atoms with Crippen LogP contribution in [-0.4, -0.2) is 17.9 Å². The zero-order valence-corrected chi connectivity index (χ0v) is 18.7. The van der Waals surface area contributed by atoms with Crippen molar-refractivity contribution in [2.75, 3.05) is 12.4 Å². The van der Waals surface area contributed by atoms with Crippen LogP contribution >= 0.6 is 0 Å². The summed E-state index contributed by atoms with van der Waals surface area (Å²) in [7, 11) is 1.69. The third-order valence-electron chi connectivity index (χ3n) is 5.95. The zero-order chi connectivity index (χ0) is 22.6. The minimum atomic E-state index is -0.107. The number of aromatic nitrogens is 1. The predicted octanol–water partition coefficient (Wildman–Crippen LogP) is 5.73. The molecule has 5 rings (SSSR count). The van der Waals surface area contributed by atoms with Gasteiger partial charge in [-0.15, -0.1) is 0 Å². The number of pyridine rings is 1. The fourth-order valence-corrected chi connectivity index (χ4v) is 4.05. The fraction of sp³-hybridized carbons (Fsp3) is 0.143. The van der Waals surface area contributed by atoms with Crippen molar-refractivity contribution < 1.29 is 4.74 Å². The lowest BCUT2D eigenvalue weighted by Crippen LogP contribution is -2.39. The van der Waals surface area contributed by atoms with Gasteiger partial charge in [-0.05, 0) is 59.5 Å². The molecule has 0 amide bonds. The number of amidine groups is 1. The summed E-state index contributed by atoms with van der Waals surface area (Å²) in [5.41, 5.74) is 7.81. The number of aryl methyl sites for hydroxylation is 1. The number of fused-ring (bicyclic) bond motifs is 1. The Morgan fingerprint density at radius 1 is 0.909 bits per heavy atom. The molecule has 3 aromatic carbocycles. The number of benzene rings is 3. The number of aliphatic imine (C=N–C) groups is 1. The van der Waals surface area contributed by atoms with Gasteiger partial charge >= 0.3 is 0 Å². The second-order valence-corrected chi connectivity index (χ2v) is 8.09. The van der Waals surface area contributed by atoms with Gasteiger partial charge in [-0.2, -0.15) is 0 Å². The van der Waals surface area contributed by atoms with E-state index in [-0.39, 0.29) is 6.17 Å². The molecule has 1 aliphatic heterocycles. The molecule has 33 heavy (non-hydrogen) atoms. The Bertz CT molecular complexity index is 1300. The molecule has 1 aliphatic rings. The highest BCUT2D eigenvalue weighted by atomic mass is 16.5. The lowest BCUT2D eigenvalue weighted by Gasteiger charge is -2.31. The van der Waals surface area contributed by atoms with Crippen LogP contribution in [0.1, 0.15) is 28.4 Å². The van der Waals surface area contributed by atoms with Gasteiger partial charge in [-0.3, -0.25) is 9.98 Å². The first-order valence-electron chi connectivity index (χ1n) is 11.0. The van der Waals surface area contributed by atoms with Gasteiger partial charge in [0.05, 0.1) is 13.7 Å². The first kappa shape index (κ1) is 20.8. The monoisotopic (exact) mass is 434 g/mol. The van der Waals surface area contributed by atoms with Crippen molar-refractivity contribution in [1.82, 2.24) is 10.3 Å². The van der Waals surface area contributed by atoms with Crippen LogP contribution in [0.5, 0.6) is 5.75 Å². The van der Waals surface area contributed by atoms with Crippen LogP contribution in [0.3, 0.4) is 0 Å². The Balaban J connectivity index is 1.55. The normalized spacial score (nSPS) is 15.9. The van der Waals surface area contributed by atoms with E-state index in [1.54, 1.807) is 13.3 Å². The quantitative estimate of drug-likeness (QED) is 0.421. The lowest BCUT2D eigenvalue weighted by molar-refractivity contribution is 0.415. The van der Waals surface area contributed by atoms with Crippen molar-refractivity contribution in [3.05, 3.63) is 114 Å². The second kappa shape index (κ2) is 9.17. The molecule has 2 heterocycles. The van der Waals surface area contributed by atoms with Crippen LogP contribution in [-0.2, 0) is 6.54 Å². The first-order chi connectivity index (χ1) is 16.2. The number of hydrogen-bond acceptors (Lipinski definition) is 4. The highest BCUT2D eigenvalue weighted by Gasteiger charge is 2.24. The highest BCUT2D eigenvalue weighted by molar-refractivity contribution is 6.06. The van der Waals surface area contributed by atoms with Gasteiger partial charge in [0.1, 0.15) is 17.8 Å². The molecule has 5 heteroatoms. The molecule has 0 fully saturated rings. The Morgan fingerprint density at radius 3 is 2.61 bits per heavy atom. The van der Waals surface area contributed by atoms with Gasteiger partial charge in [0.15, 0.2) is 0 Å². The highest BCUT2D eigenvalue weighted by Crippen LogP contribution is 2.32. The Morgan fingerprint density at radius 2 is 1.79 bits per heavy atom. The summed E-state index contributed by atoms with van der Waals surface area (Å²) in [4.78, 5) is 9.30. The van der Waals surface area contributed by atoms with Crippen molar-refractivity contribution in [3.8, 4) is 16.9 Å². The van der Waals surface area contributed by atoms with Crippen LogP contribution in [0.4, 0.5) is 5.69 Å². The summed E-state index contributed by atoms with van der Waals surface area (Å²) in [6.45, 7) is 2.73. The van der Waals surface area contributed by atoms with Crippen LogP contribution in [0.25, 0.3) is 11.1 Å². The molecule has 4 aromatic rings. The molecule has 1 atom stereocenters. The number of ether oxygens (including phenoxy) is 1. The van der Waals surface area contributed by atoms with E-state index in [0.29, 0.717) is 6.54 Å². The first-order valence-corrected chi connectivity index (χ1v) is 11.0. The SMILES string of the molecule is COc1cccc(-c2ccc3c(c2)C(=NCc2ccccc2C)NC(c2cccnc2)N3)c1. The molecular formula is C28H26N4O. The zero-order valence-electron chi connectivity index (χ0n) is 18.7. The topological polar surface area (TPSA) is 58.5 Å². The van der Waals surface area contributed by atoms with E-state index >= 15 is 0 Å². The lowest BCUT2D eigenvalue weighted by atomic mass is 9.98. The van der Waals surface area contributed by atoms with Crippen molar-refractivity contribution in [2.45, 2.75) is 19.6 Å². The maximum Gasteiger partial charge on any atom is 0.132 e. The van der Waals surface area contributed by atoms with E-state index in [2.05, 4.69) is 77.1 Å². The molecule has 164 valence electrons. The van der Waals surface area contributed by atoms with Crippen molar-refractivity contribution in [1.29, 1.82) is 0 Å². The molecule has 0 saturated heterocycles. The van der Waals surface area contributed by atoms with E-state index < -0.39 is 0 Å². The smallest absolute Gasteiger partial charge is 0.132 e. The standard InChI is InChI=1S/C28H26N4O/c1-19-7-3-4-8-22(19)18-30-28-25-16-21(20-9-5-11-24(15-20)33-2)12-13-26(25)31-27(32-28)23-10-6-14-29-17-23/h3-17,27,31H,18H2,1-2H3,(H,30,32).